The number of rotatable bonds is 6. The van der Waals surface area contributed by atoms with Crippen LogP contribution < -0.4 is 10.9 Å². The van der Waals surface area contributed by atoms with Crippen molar-refractivity contribution in [2.24, 2.45) is 0 Å². The van der Waals surface area contributed by atoms with Crippen molar-refractivity contribution in [3.8, 4) is 11.3 Å². The summed E-state index contributed by atoms with van der Waals surface area (Å²) in [5, 5.41) is 3.62. The first kappa shape index (κ1) is 20.6. The van der Waals surface area contributed by atoms with Gasteiger partial charge in [-0.1, -0.05) is 48.5 Å². The van der Waals surface area contributed by atoms with E-state index in [9.17, 15) is 9.59 Å². The molecule has 7 heteroatoms. The smallest absolute Gasteiger partial charge is 0.258 e. The number of amides is 1. The largest absolute Gasteiger partial charge is 0.310 e. The number of fused-ring (bicyclic) bond motifs is 2. The van der Waals surface area contributed by atoms with Crippen LogP contribution in [0.5, 0.6) is 0 Å². The minimum atomic E-state index is -0.159. The molecule has 3 aromatic heterocycles. The van der Waals surface area contributed by atoms with E-state index in [0.29, 0.717) is 41.8 Å². The number of aromatic nitrogens is 4. The number of pyridine rings is 1. The van der Waals surface area contributed by atoms with Gasteiger partial charge in [-0.25, -0.2) is 9.97 Å². The molecule has 0 aliphatic carbocycles. The number of anilines is 1. The van der Waals surface area contributed by atoms with Crippen LogP contribution in [0.2, 0.25) is 0 Å². The number of H-pyrrole nitrogens is 1. The van der Waals surface area contributed by atoms with Crippen molar-refractivity contribution < 1.29 is 4.79 Å². The highest BCUT2D eigenvalue weighted by atomic mass is 16.1. The van der Waals surface area contributed by atoms with Crippen molar-refractivity contribution in [3.63, 3.8) is 0 Å². The molecule has 0 spiro atoms. The Morgan fingerprint density at radius 3 is 2.64 bits per heavy atom. The molecule has 2 N–H and O–H groups in total. The average Bonchev–Trinajstić information content (AvgIpc) is 3.19. The second-order valence-electron chi connectivity index (χ2n) is 7.99. The molecule has 164 valence electrons. The maximum absolute atomic E-state index is 12.8. The van der Waals surface area contributed by atoms with Crippen molar-refractivity contribution in [1.82, 2.24) is 19.4 Å². The zero-order valence-corrected chi connectivity index (χ0v) is 18.2. The summed E-state index contributed by atoms with van der Waals surface area (Å²) >= 11 is 0. The van der Waals surface area contributed by atoms with Crippen molar-refractivity contribution in [3.05, 3.63) is 94.7 Å². The summed E-state index contributed by atoms with van der Waals surface area (Å²) in [5.41, 5.74) is 4.02. The Kier molecular flexibility index (Phi) is 5.44. The van der Waals surface area contributed by atoms with Gasteiger partial charge in [0.05, 0.1) is 10.9 Å². The molecule has 0 atom stereocenters. The molecule has 1 amide bonds. The van der Waals surface area contributed by atoms with E-state index in [2.05, 4.69) is 15.3 Å². The quantitative estimate of drug-likeness (QED) is 0.409. The third-order valence-corrected chi connectivity index (χ3v) is 5.63. The maximum atomic E-state index is 12.8. The first-order valence-corrected chi connectivity index (χ1v) is 10.9. The number of nitrogens with one attached hydrogen (secondary N) is 2. The van der Waals surface area contributed by atoms with Gasteiger partial charge in [0.1, 0.15) is 23.0 Å². The molecule has 0 aliphatic rings. The third-order valence-electron chi connectivity index (χ3n) is 5.63. The van der Waals surface area contributed by atoms with Crippen molar-refractivity contribution in [1.29, 1.82) is 0 Å². The summed E-state index contributed by atoms with van der Waals surface area (Å²) in [6.07, 6.45) is 3.26. The van der Waals surface area contributed by atoms with E-state index in [1.807, 2.05) is 78.2 Å². The molecular formula is C26H23N5O2. The summed E-state index contributed by atoms with van der Waals surface area (Å²) in [4.78, 5) is 37.2. The second-order valence-corrected chi connectivity index (χ2v) is 7.99. The first-order chi connectivity index (χ1) is 16.1. The van der Waals surface area contributed by atoms with E-state index in [1.54, 1.807) is 6.07 Å². The van der Waals surface area contributed by atoms with Gasteiger partial charge in [0.15, 0.2) is 0 Å². The number of nitrogens with zero attached hydrogens (tertiary/aromatic N) is 3. The van der Waals surface area contributed by atoms with Crippen LogP contribution in [0.25, 0.3) is 27.8 Å². The van der Waals surface area contributed by atoms with Gasteiger partial charge in [-0.2, -0.15) is 0 Å². The zero-order chi connectivity index (χ0) is 22.8. The van der Waals surface area contributed by atoms with Crippen molar-refractivity contribution in [2.75, 3.05) is 5.32 Å². The molecule has 0 saturated carbocycles. The Labute approximate surface area is 190 Å². The summed E-state index contributed by atoms with van der Waals surface area (Å²) in [5.74, 6) is 1.13. The molecule has 2 aromatic carbocycles. The summed E-state index contributed by atoms with van der Waals surface area (Å²) in [6, 6.07) is 21.0. The van der Waals surface area contributed by atoms with E-state index in [4.69, 9.17) is 4.98 Å². The lowest BCUT2D eigenvalue weighted by atomic mass is 10.1. The molecule has 5 rings (SSSR count). The first-order valence-electron chi connectivity index (χ1n) is 10.9. The highest BCUT2D eigenvalue weighted by Crippen LogP contribution is 2.30. The van der Waals surface area contributed by atoms with Crippen molar-refractivity contribution >= 4 is 28.3 Å². The minimum absolute atomic E-state index is 0.112. The lowest BCUT2D eigenvalue weighted by molar-refractivity contribution is -0.116. The van der Waals surface area contributed by atoms with Crippen LogP contribution in [0.1, 0.15) is 24.2 Å². The number of benzene rings is 2. The molecular weight excluding hydrogens is 414 g/mol. The molecule has 33 heavy (non-hydrogen) atoms. The third kappa shape index (κ3) is 4.13. The number of para-hydroxylation sites is 1. The molecule has 3 heterocycles. The Hall–Kier alpha value is -4.26. The van der Waals surface area contributed by atoms with Gasteiger partial charge >= 0.3 is 0 Å². The van der Waals surface area contributed by atoms with Gasteiger partial charge in [0, 0.05) is 24.6 Å². The number of aryl methyl sites for hydroxylation is 2. The van der Waals surface area contributed by atoms with E-state index in [0.717, 1.165) is 22.5 Å². The van der Waals surface area contributed by atoms with Crippen LogP contribution in [-0.4, -0.2) is 25.3 Å². The van der Waals surface area contributed by atoms with E-state index in [-0.39, 0.29) is 11.5 Å². The van der Waals surface area contributed by atoms with Crippen LogP contribution in [0.3, 0.4) is 0 Å². The molecule has 0 saturated heterocycles. The van der Waals surface area contributed by atoms with Crippen molar-refractivity contribution in [2.45, 2.75) is 26.2 Å². The van der Waals surface area contributed by atoms with Gasteiger partial charge in [-0.15, -0.1) is 0 Å². The number of imidazole rings is 1. The molecule has 0 bridgehead atoms. The SMILES string of the molecule is Cc1cccn2c(NC(=O)CCCc3nc4ccccc4c(=O)[nH]3)c(-c3ccccc3)nc12. The highest BCUT2D eigenvalue weighted by molar-refractivity contribution is 5.94. The average molecular weight is 438 g/mol. The van der Waals surface area contributed by atoms with Crippen LogP contribution in [0.4, 0.5) is 5.82 Å². The second kappa shape index (κ2) is 8.70. The number of hydrogen-bond donors (Lipinski definition) is 2. The topological polar surface area (TPSA) is 92.1 Å². The molecule has 5 aromatic rings. The van der Waals surface area contributed by atoms with Crippen LogP contribution in [-0.2, 0) is 11.2 Å². The van der Waals surface area contributed by atoms with Gasteiger partial charge in [0.25, 0.3) is 5.56 Å². The zero-order valence-electron chi connectivity index (χ0n) is 18.2. The Morgan fingerprint density at radius 1 is 1.00 bits per heavy atom. The number of carbonyl (C=O) groups excluding carboxylic acids is 1. The van der Waals surface area contributed by atoms with Crippen LogP contribution >= 0.6 is 0 Å². The Bertz CT molecular complexity index is 1520. The fourth-order valence-electron chi connectivity index (χ4n) is 3.98. The standard InChI is InChI=1S/C26H23N5O2/c1-17-9-8-16-31-24(17)30-23(18-10-3-2-4-11-18)25(31)29-22(32)15-7-14-21-27-20-13-6-5-12-19(20)26(33)28-21/h2-6,8-13,16H,7,14-15H2,1H3,(H,29,32)(H,27,28,33). The molecule has 7 nitrogen and oxygen atoms in total. The molecule has 0 aliphatic heterocycles. The molecule has 0 radical (unpaired) electrons. The predicted octanol–water partition coefficient (Wildman–Crippen LogP) is 4.51. The fourth-order valence-corrected chi connectivity index (χ4v) is 3.98. The Morgan fingerprint density at radius 2 is 1.79 bits per heavy atom. The number of carbonyl (C=O) groups is 1. The molecule has 0 unspecified atom stereocenters. The van der Waals surface area contributed by atoms with Gasteiger partial charge in [-0.05, 0) is 37.1 Å². The van der Waals surface area contributed by atoms with Crippen LogP contribution in [0, 0.1) is 6.92 Å². The summed E-state index contributed by atoms with van der Waals surface area (Å²) < 4.78 is 1.91. The lowest BCUT2D eigenvalue weighted by Gasteiger charge is -2.08. The predicted molar refractivity (Wildman–Crippen MR) is 129 cm³/mol. The number of hydrogen-bond acceptors (Lipinski definition) is 4. The lowest BCUT2D eigenvalue weighted by Crippen LogP contribution is -2.15. The normalized spacial score (nSPS) is 11.2. The van der Waals surface area contributed by atoms with Gasteiger partial charge in [-0.3, -0.25) is 14.0 Å². The highest BCUT2D eigenvalue weighted by Gasteiger charge is 2.17. The summed E-state index contributed by atoms with van der Waals surface area (Å²) in [7, 11) is 0. The molecule has 0 fully saturated rings. The van der Waals surface area contributed by atoms with Gasteiger partial charge < -0.3 is 10.3 Å². The van der Waals surface area contributed by atoms with E-state index in [1.165, 1.54) is 0 Å². The summed E-state index contributed by atoms with van der Waals surface area (Å²) in [6.45, 7) is 2.00. The number of aromatic amines is 1. The van der Waals surface area contributed by atoms with Crippen LogP contribution in [0.15, 0.2) is 77.7 Å². The van der Waals surface area contributed by atoms with E-state index < -0.39 is 0 Å². The van der Waals surface area contributed by atoms with E-state index >= 15 is 0 Å². The fraction of sp³-hybridized carbons (Fsp3) is 0.154. The maximum Gasteiger partial charge on any atom is 0.258 e. The van der Waals surface area contributed by atoms with Gasteiger partial charge in [0.2, 0.25) is 5.91 Å². The Balaban J connectivity index is 1.34. The monoisotopic (exact) mass is 437 g/mol. The minimum Gasteiger partial charge on any atom is -0.310 e.